The average molecular weight is 367 g/mol. The van der Waals surface area contributed by atoms with Gasteiger partial charge in [0.2, 0.25) is 5.78 Å². The van der Waals surface area contributed by atoms with Gasteiger partial charge in [0.05, 0.1) is 5.69 Å². The molecule has 138 valence electrons. The molecule has 27 heavy (non-hydrogen) atoms. The van der Waals surface area contributed by atoms with E-state index in [1.807, 2.05) is 0 Å². The predicted molar refractivity (Wildman–Crippen MR) is 97.4 cm³/mol. The van der Waals surface area contributed by atoms with Crippen molar-refractivity contribution in [2.75, 3.05) is 6.61 Å². The highest BCUT2D eigenvalue weighted by Crippen LogP contribution is 2.19. The largest absolute Gasteiger partial charge is 0.453 e. The van der Waals surface area contributed by atoms with Gasteiger partial charge in [-0.25, -0.2) is 9.59 Å². The van der Waals surface area contributed by atoms with Crippen molar-refractivity contribution in [3.8, 4) is 0 Å². The molecule has 0 aliphatic carbocycles. The zero-order valence-electron chi connectivity index (χ0n) is 15.0. The number of benzene rings is 1. The van der Waals surface area contributed by atoms with E-state index < -0.39 is 24.0 Å². The highest BCUT2D eigenvalue weighted by atomic mass is 16.5. The van der Waals surface area contributed by atoms with E-state index in [9.17, 15) is 19.2 Å². The van der Waals surface area contributed by atoms with E-state index in [1.54, 1.807) is 38.1 Å². The number of Topliss-reactive ketones (excluding diaryl/α,β-unsaturated/α-hetero) is 2. The van der Waals surface area contributed by atoms with Crippen LogP contribution in [0.1, 0.15) is 49.4 Å². The van der Waals surface area contributed by atoms with Gasteiger partial charge in [0, 0.05) is 16.6 Å². The number of hydrogen-bond acceptors (Lipinski definition) is 6. The van der Waals surface area contributed by atoms with Gasteiger partial charge >= 0.3 is 11.6 Å². The molecular weight excluding hydrogens is 350 g/mol. The summed E-state index contributed by atoms with van der Waals surface area (Å²) in [6, 6.07) is 8.11. The number of aromatic nitrogens is 1. The van der Waals surface area contributed by atoms with Crippen molar-refractivity contribution < 1.29 is 23.5 Å². The van der Waals surface area contributed by atoms with Crippen molar-refractivity contribution in [3.63, 3.8) is 0 Å². The summed E-state index contributed by atoms with van der Waals surface area (Å²) in [5.41, 5.74) is 0.957. The number of hydrogen-bond donors (Lipinski definition) is 1. The summed E-state index contributed by atoms with van der Waals surface area (Å²) in [6.45, 7) is 4.18. The van der Waals surface area contributed by atoms with Gasteiger partial charge in [0.25, 0.3) is 0 Å². The van der Waals surface area contributed by atoms with Crippen molar-refractivity contribution in [2.24, 2.45) is 0 Å². The summed E-state index contributed by atoms with van der Waals surface area (Å²) in [4.78, 5) is 51.1. The van der Waals surface area contributed by atoms with Crippen molar-refractivity contribution >= 4 is 28.5 Å². The van der Waals surface area contributed by atoms with Gasteiger partial charge in [-0.05, 0) is 38.5 Å². The van der Waals surface area contributed by atoms with E-state index in [0.29, 0.717) is 27.8 Å². The minimum atomic E-state index is -0.949. The lowest BCUT2D eigenvalue weighted by Gasteiger charge is -2.04. The van der Waals surface area contributed by atoms with Gasteiger partial charge in [-0.15, -0.1) is 0 Å². The van der Waals surface area contributed by atoms with E-state index in [0.717, 1.165) is 0 Å². The van der Waals surface area contributed by atoms with Crippen LogP contribution in [0.5, 0.6) is 0 Å². The number of ether oxygens (including phenoxy) is 1. The number of carbonyl (C=O) groups is 3. The Morgan fingerprint density at radius 3 is 2.52 bits per heavy atom. The van der Waals surface area contributed by atoms with Crippen LogP contribution in [0.15, 0.2) is 39.5 Å². The molecule has 0 saturated carbocycles. The van der Waals surface area contributed by atoms with Crippen LogP contribution in [-0.2, 0) is 4.74 Å². The molecular formula is C20H17NO6. The fraction of sp³-hybridized carbons (Fsp3) is 0.200. The third-order valence-corrected chi connectivity index (χ3v) is 4.26. The molecule has 2 aromatic heterocycles. The van der Waals surface area contributed by atoms with Crippen molar-refractivity contribution in [1.82, 2.24) is 4.98 Å². The molecule has 0 unspecified atom stereocenters. The van der Waals surface area contributed by atoms with Gasteiger partial charge in [0.1, 0.15) is 11.1 Å². The number of fused-ring (bicyclic) bond motifs is 1. The highest BCUT2D eigenvalue weighted by molar-refractivity contribution is 6.04. The first-order valence-corrected chi connectivity index (χ1v) is 8.23. The molecule has 0 aliphatic rings. The number of carbonyl (C=O) groups excluding carboxylic acids is 3. The molecule has 2 heterocycles. The van der Waals surface area contributed by atoms with Crippen LogP contribution in [0.3, 0.4) is 0 Å². The molecule has 0 aliphatic heterocycles. The monoisotopic (exact) mass is 367 g/mol. The Morgan fingerprint density at radius 2 is 1.85 bits per heavy atom. The third kappa shape index (κ3) is 3.44. The molecule has 0 spiro atoms. The maximum absolute atomic E-state index is 12.4. The molecule has 0 bridgehead atoms. The quantitative estimate of drug-likeness (QED) is 0.422. The number of aryl methyl sites for hydroxylation is 1. The van der Waals surface area contributed by atoms with Crippen molar-refractivity contribution in [3.05, 3.63) is 68.8 Å². The molecule has 1 aromatic carbocycles. The van der Waals surface area contributed by atoms with Crippen molar-refractivity contribution in [2.45, 2.75) is 20.8 Å². The number of H-pyrrole nitrogens is 1. The van der Waals surface area contributed by atoms with Crippen LogP contribution < -0.4 is 5.63 Å². The Balaban J connectivity index is 1.79. The Morgan fingerprint density at radius 1 is 1.15 bits per heavy atom. The topological polar surface area (TPSA) is 106 Å². The van der Waals surface area contributed by atoms with Gasteiger partial charge in [-0.2, -0.15) is 0 Å². The number of para-hydroxylation sites is 1. The second-order valence-electron chi connectivity index (χ2n) is 6.17. The number of esters is 1. The standard InChI is InChI=1S/C20H17NO6/c1-10-17(12(3)22)11(2)21-18(10)15(23)9-26-19(24)14-8-13-6-4-5-7-16(13)27-20(14)25/h4-8,21H,9H2,1-3H3. The first kappa shape index (κ1) is 18.3. The third-order valence-electron chi connectivity index (χ3n) is 4.26. The first-order chi connectivity index (χ1) is 12.8. The molecule has 1 N–H and O–H groups in total. The van der Waals surface area contributed by atoms with Crippen molar-refractivity contribution in [1.29, 1.82) is 0 Å². The molecule has 0 radical (unpaired) electrons. The van der Waals surface area contributed by atoms with E-state index in [1.165, 1.54) is 13.0 Å². The van der Waals surface area contributed by atoms with E-state index in [-0.39, 0.29) is 17.0 Å². The average Bonchev–Trinajstić information content (AvgIpc) is 2.93. The summed E-state index contributed by atoms with van der Waals surface area (Å²) in [6.07, 6.45) is 0. The van der Waals surface area contributed by atoms with Crippen LogP contribution in [0.25, 0.3) is 11.0 Å². The Labute approximate surface area is 153 Å². The zero-order valence-corrected chi connectivity index (χ0v) is 15.0. The maximum Gasteiger partial charge on any atom is 0.351 e. The van der Waals surface area contributed by atoms with Crippen LogP contribution in [0, 0.1) is 13.8 Å². The molecule has 0 amide bonds. The van der Waals surface area contributed by atoms with Crippen LogP contribution in [0.2, 0.25) is 0 Å². The van der Waals surface area contributed by atoms with Crippen LogP contribution in [-0.4, -0.2) is 29.1 Å². The fourth-order valence-electron chi connectivity index (χ4n) is 3.04. The van der Waals surface area contributed by atoms with E-state index in [2.05, 4.69) is 4.98 Å². The predicted octanol–water partition coefficient (Wildman–Crippen LogP) is 2.98. The lowest BCUT2D eigenvalue weighted by Crippen LogP contribution is -2.20. The Kier molecular flexibility index (Phi) is 4.77. The minimum Gasteiger partial charge on any atom is -0.453 e. The van der Waals surface area contributed by atoms with E-state index in [4.69, 9.17) is 9.15 Å². The minimum absolute atomic E-state index is 0.161. The second kappa shape index (κ2) is 7.03. The summed E-state index contributed by atoms with van der Waals surface area (Å²) in [5, 5.41) is 0.567. The lowest BCUT2D eigenvalue weighted by molar-refractivity contribution is 0.0469. The zero-order chi connectivity index (χ0) is 19.7. The van der Waals surface area contributed by atoms with Gasteiger partial charge in [0.15, 0.2) is 12.4 Å². The Hall–Kier alpha value is -3.48. The maximum atomic E-state index is 12.4. The summed E-state index contributed by atoms with van der Waals surface area (Å²) in [7, 11) is 0. The van der Waals surface area contributed by atoms with Gasteiger partial charge in [-0.3, -0.25) is 9.59 Å². The second-order valence-corrected chi connectivity index (χ2v) is 6.17. The molecule has 3 rings (SSSR count). The molecule has 0 atom stereocenters. The molecule has 3 aromatic rings. The summed E-state index contributed by atoms with van der Waals surface area (Å²) in [5.74, 6) is -1.61. The van der Waals surface area contributed by atoms with Crippen LogP contribution in [0.4, 0.5) is 0 Å². The first-order valence-electron chi connectivity index (χ1n) is 8.23. The molecule has 7 nitrogen and oxygen atoms in total. The smallest absolute Gasteiger partial charge is 0.351 e. The molecule has 0 fully saturated rings. The highest BCUT2D eigenvalue weighted by Gasteiger charge is 2.22. The number of ketones is 2. The molecule has 0 saturated heterocycles. The fourth-order valence-corrected chi connectivity index (χ4v) is 3.04. The molecule has 7 heteroatoms. The van der Waals surface area contributed by atoms with Gasteiger partial charge in [-0.1, -0.05) is 18.2 Å². The Bertz CT molecular complexity index is 1140. The number of aromatic amines is 1. The summed E-state index contributed by atoms with van der Waals surface area (Å²) < 4.78 is 10.1. The SMILES string of the molecule is CC(=O)c1c(C)[nH]c(C(=O)COC(=O)c2cc3ccccc3oc2=O)c1C. The number of nitrogens with one attached hydrogen (secondary N) is 1. The van der Waals surface area contributed by atoms with E-state index >= 15 is 0 Å². The normalized spacial score (nSPS) is 10.8. The van der Waals surface area contributed by atoms with Crippen LogP contribution >= 0.6 is 0 Å². The summed E-state index contributed by atoms with van der Waals surface area (Å²) >= 11 is 0. The lowest BCUT2D eigenvalue weighted by atomic mass is 10.1. The van der Waals surface area contributed by atoms with Gasteiger partial charge < -0.3 is 14.1 Å². The number of rotatable bonds is 5.